The molecule has 0 saturated heterocycles. The van der Waals surface area contributed by atoms with Gasteiger partial charge in [-0.1, -0.05) is 0 Å². The van der Waals surface area contributed by atoms with Gasteiger partial charge >= 0.3 is 0 Å². The van der Waals surface area contributed by atoms with Gasteiger partial charge in [-0.3, -0.25) is 4.79 Å². The van der Waals surface area contributed by atoms with Crippen LogP contribution >= 0.6 is 0 Å². The molecule has 174 valence electrons. The van der Waals surface area contributed by atoms with E-state index < -0.39 is 0 Å². The van der Waals surface area contributed by atoms with Gasteiger partial charge in [-0.25, -0.2) is 15.0 Å². The van der Waals surface area contributed by atoms with Crippen LogP contribution in [0.4, 0.5) is 17.5 Å². The van der Waals surface area contributed by atoms with Crippen LogP contribution in [-0.4, -0.2) is 55.3 Å². The minimum Gasteiger partial charge on any atom is -0.493 e. The molecule has 0 aliphatic rings. The highest BCUT2D eigenvalue weighted by molar-refractivity contribution is 5.95. The summed E-state index contributed by atoms with van der Waals surface area (Å²) in [6, 6.07) is 8.86. The Kier molecular flexibility index (Phi) is 7.85. The minimum atomic E-state index is -0.261. The highest BCUT2D eigenvalue weighted by Crippen LogP contribution is 2.38. The number of pyridine rings is 1. The second kappa shape index (κ2) is 11.0. The van der Waals surface area contributed by atoms with Gasteiger partial charge in [0.05, 0.1) is 21.3 Å². The second-order valence-corrected chi connectivity index (χ2v) is 7.13. The van der Waals surface area contributed by atoms with Crippen molar-refractivity contribution in [2.24, 2.45) is 0 Å². The van der Waals surface area contributed by atoms with Crippen LogP contribution in [0.15, 0.2) is 36.5 Å². The molecule has 0 spiro atoms. The van der Waals surface area contributed by atoms with Crippen molar-refractivity contribution in [2.75, 3.05) is 45.1 Å². The number of nitrogens with zero attached hydrogens (tertiary/aromatic N) is 3. The molecule has 0 radical (unpaired) electrons. The summed E-state index contributed by atoms with van der Waals surface area (Å²) >= 11 is 0. The Morgan fingerprint density at radius 1 is 0.879 bits per heavy atom. The first-order valence-corrected chi connectivity index (χ1v) is 10.3. The molecule has 3 N–H and O–H groups in total. The Hall–Kier alpha value is -4.08. The maximum atomic E-state index is 12.6. The number of aryl methyl sites for hydroxylation is 2. The number of methoxy groups -OCH3 is 3. The molecule has 0 aliphatic carbocycles. The largest absolute Gasteiger partial charge is 0.493 e. The van der Waals surface area contributed by atoms with Gasteiger partial charge in [-0.2, -0.15) is 0 Å². The summed E-state index contributed by atoms with van der Waals surface area (Å²) in [5, 5.41) is 9.24. The van der Waals surface area contributed by atoms with Crippen LogP contribution in [0.25, 0.3) is 0 Å². The van der Waals surface area contributed by atoms with Crippen molar-refractivity contribution < 1.29 is 19.0 Å². The summed E-state index contributed by atoms with van der Waals surface area (Å²) in [4.78, 5) is 25.7. The SMILES string of the molecule is COc1cc(C(=O)NCCNc2cc(Nc3cc(C)ccn3)nc(C)n2)cc(OC)c1OC. The lowest BCUT2D eigenvalue weighted by Gasteiger charge is -2.14. The van der Waals surface area contributed by atoms with Gasteiger partial charge in [-0.05, 0) is 43.7 Å². The van der Waals surface area contributed by atoms with Crippen molar-refractivity contribution in [3.63, 3.8) is 0 Å². The first-order chi connectivity index (χ1) is 15.9. The van der Waals surface area contributed by atoms with Crippen molar-refractivity contribution in [1.82, 2.24) is 20.3 Å². The lowest BCUT2D eigenvalue weighted by atomic mass is 10.1. The number of amides is 1. The standard InChI is InChI=1S/C23H28N6O4/c1-14-6-7-24-19(10-14)29-21-13-20(27-15(2)28-21)25-8-9-26-23(30)16-11-17(31-3)22(33-5)18(12-16)32-4/h6-7,10-13H,8-9H2,1-5H3,(H,26,30)(H2,24,25,27,28,29). The molecular formula is C23H28N6O4. The van der Waals surface area contributed by atoms with Crippen molar-refractivity contribution in [1.29, 1.82) is 0 Å². The molecule has 10 heteroatoms. The Morgan fingerprint density at radius 2 is 1.58 bits per heavy atom. The predicted octanol–water partition coefficient (Wildman–Crippen LogP) is 3.10. The van der Waals surface area contributed by atoms with Crippen molar-refractivity contribution >= 4 is 23.4 Å². The maximum absolute atomic E-state index is 12.6. The molecule has 2 heterocycles. The van der Waals surface area contributed by atoms with Gasteiger partial charge in [0.15, 0.2) is 11.5 Å². The van der Waals surface area contributed by atoms with Crippen LogP contribution in [0.2, 0.25) is 0 Å². The van der Waals surface area contributed by atoms with E-state index in [-0.39, 0.29) is 5.91 Å². The number of benzene rings is 1. The lowest BCUT2D eigenvalue weighted by Crippen LogP contribution is -2.29. The summed E-state index contributed by atoms with van der Waals surface area (Å²) in [5.74, 6) is 3.59. The topological polar surface area (TPSA) is 120 Å². The minimum absolute atomic E-state index is 0.261. The molecule has 0 unspecified atom stereocenters. The fourth-order valence-corrected chi connectivity index (χ4v) is 3.14. The summed E-state index contributed by atoms with van der Waals surface area (Å²) in [5.41, 5.74) is 1.50. The third-order valence-electron chi connectivity index (χ3n) is 4.65. The summed E-state index contributed by atoms with van der Waals surface area (Å²) in [6.45, 7) is 4.65. The van der Waals surface area contributed by atoms with Crippen LogP contribution in [-0.2, 0) is 0 Å². The molecule has 0 atom stereocenters. The summed E-state index contributed by atoms with van der Waals surface area (Å²) in [6.07, 6.45) is 1.74. The van der Waals surface area contributed by atoms with E-state index in [2.05, 4.69) is 30.9 Å². The average molecular weight is 453 g/mol. The fourth-order valence-electron chi connectivity index (χ4n) is 3.14. The number of aromatic nitrogens is 3. The fraction of sp³-hybridized carbons (Fsp3) is 0.304. The molecule has 0 fully saturated rings. The Balaban J connectivity index is 1.58. The highest BCUT2D eigenvalue weighted by Gasteiger charge is 2.16. The number of nitrogens with one attached hydrogen (secondary N) is 3. The van der Waals surface area contributed by atoms with Crippen molar-refractivity contribution in [3.8, 4) is 17.2 Å². The van der Waals surface area contributed by atoms with Crippen LogP contribution in [0.5, 0.6) is 17.2 Å². The zero-order chi connectivity index (χ0) is 23.8. The first-order valence-electron chi connectivity index (χ1n) is 10.3. The van der Waals surface area contributed by atoms with Gasteiger partial charge in [-0.15, -0.1) is 0 Å². The average Bonchev–Trinajstić information content (AvgIpc) is 2.80. The van der Waals surface area contributed by atoms with E-state index in [0.29, 0.717) is 59.2 Å². The molecule has 1 aromatic carbocycles. The van der Waals surface area contributed by atoms with Gasteiger partial charge < -0.3 is 30.2 Å². The molecule has 1 amide bonds. The third-order valence-corrected chi connectivity index (χ3v) is 4.65. The number of hydrogen-bond donors (Lipinski definition) is 3. The summed E-state index contributed by atoms with van der Waals surface area (Å²) < 4.78 is 15.9. The number of carbonyl (C=O) groups is 1. The van der Waals surface area contributed by atoms with E-state index in [9.17, 15) is 4.79 Å². The molecule has 2 aromatic heterocycles. The molecule has 3 rings (SSSR count). The van der Waals surface area contributed by atoms with Gasteiger partial charge in [0.1, 0.15) is 23.3 Å². The van der Waals surface area contributed by atoms with Gasteiger partial charge in [0.2, 0.25) is 5.75 Å². The van der Waals surface area contributed by atoms with Crippen LogP contribution in [0, 0.1) is 13.8 Å². The summed E-state index contributed by atoms with van der Waals surface area (Å²) in [7, 11) is 4.52. The quantitative estimate of drug-likeness (QED) is 0.399. The van der Waals surface area contributed by atoms with E-state index in [4.69, 9.17) is 14.2 Å². The third kappa shape index (κ3) is 6.22. The van der Waals surface area contributed by atoms with E-state index in [1.807, 2.05) is 26.0 Å². The van der Waals surface area contributed by atoms with Gasteiger partial charge in [0.25, 0.3) is 5.91 Å². The number of rotatable bonds is 10. The zero-order valence-corrected chi connectivity index (χ0v) is 19.4. The Morgan fingerprint density at radius 3 is 2.21 bits per heavy atom. The Bertz CT molecular complexity index is 1100. The zero-order valence-electron chi connectivity index (χ0n) is 19.4. The van der Waals surface area contributed by atoms with E-state index in [1.165, 1.54) is 21.3 Å². The number of anilines is 3. The predicted molar refractivity (Wildman–Crippen MR) is 126 cm³/mol. The number of hydrogen-bond acceptors (Lipinski definition) is 9. The number of ether oxygens (including phenoxy) is 3. The smallest absolute Gasteiger partial charge is 0.251 e. The highest BCUT2D eigenvalue weighted by atomic mass is 16.5. The number of carbonyl (C=O) groups excluding carboxylic acids is 1. The van der Waals surface area contributed by atoms with E-state index >= 15 is 0 Å². The molecule has 0 saturated carbocycles. The van der Waals surface area contributed by atoms with Crippen LogP contribution in [0.1, 0.15) is 21.7 Å². The normalized spacial score (nSPS) is 10.3. The molecule has 10 nitrogen and oxygen atoms in total. The van der Waals surface area contributed by atoms with Crippen LogP contribution in [0.3, 0.4) is 0 Å². The molecule has 33 heavy (non-hydrogen) atoms. The lowest BCUT2D eigenvalue weighted by molar-refractivity contribution is 0.0954. The molecule has 0 aliphatic heterocycles. The van der Waals surface area contributed by atoms with Gasteiger partial charge in [0, 0.05) is 30.9 Å². The monoisotopic (exact) mass is 452 g/mol. The van der Waals surface area contributed by atoms with Crippen molar-refractivity contribution in [3.05, 3.63) is 53.5 Å². The van der Waals surface area contributed by atoms with E-state index in [1.54, 1.807) is 24.4 Å². The maximum Gasteiger partial charge on any atom is 0.251 e. The molecule has 0 bridgehead atoms. The van der Waals surface area contributed by atoms with E-state index in [0.717, 1.165) is 5.56 Å². The molecule has 3 aromatic rings. The molecular weight excluding hydrogens is 424 g/mol. The van der Waals surface area contributed by atoms with Crippen molar-refractivity contribution in [2.45, 2.75) is 13.8 Å². The Labute approximate surface area is 192 Å². The van der Waals surface area contributed by atoms with Crippen LogP contribution < -0.4 is 30.2 Å². The first kappa shape index (κ1) is 23.6. The second-order valence-electron chi connectivity index (χ2n) is 7.13.